The highest BCUT2D eigenvalue weighted by Gasteiger charge is 1.95. The standard InChI is InChI=1S/C12H19BrN2/c1-10(14)4-3-7-15-9-11-5-2-6-12(13)8-11/h2,5-6,8,10,15H,3-4,7,9,14H2,1H3. The van der Waals surface area contributed by atoms with E-state index in [0.717, 1.165) is 30.4 Å². The molecule has 0 aliphatic rings. The summed E-state index contributed by atoms with van der Waals surface area (Å²) in [5.41, 5.74) is 6.98. The second-order valence-electron chi connectivity index (χ2n) is 3.93. The SMILES string of the molecule is CC(N)CCCNCc1cccc(Br)c1. The first kappa shape index (κ1) is 12.7. The van der Waals surface area contributed by atoms with Crippen molar-refractivity contribution in [1.29, 1.82) is 0 Å². The molecule has 0 aliphatic heterocycles. The second kappa shape index (κ2) is 6.99. The normalized spacial score (nSPS) is 12.7. The fourth-order valence-electron chi connectivity index (χ4n) is 1.43. The van der Waals surface area contributed by atoms with Crippen molar-refractivity contribution < 1.29 is 0 Å². The highest BCUT2D eigenvalue weighted by atomic mass is 79.9. The number of hydrogen-bond acceptors (Lipinski definition) is 2. The van der Waals surface area contributed by atoms with Gasteiger partial charge in [0.2, 0.25) is 0 Å². The summed E-state index contributed by atoms with van der Waals surface area (Å²) in [6, 6.07) is 8.68. The van der Waals surface area contributed by atoms with Gasteiger partial charge in [-0.1, -0.05) is 28.1 Å². The number of nitrogens with two attached hydrogens (primary N) is 1. The molecule has 0 saturated heterocycles. The molecule has 3 N–H and O–H groups in total. The molecule has 1 rings (SSSR count). The van der Waals surface area contributed by atoms with Gasteiger partial charge in [0.1, 0.15) is 0 Å². The molecule has 0 saturated carbocycles. The monoisotopic (exact) mass is 270 g/mol. The minimum Gasteiger partial charge on any atom is -0.328 e. The summed E-state index contributed by atoms with van der Waals surface area (Å²) in [6.07, 6.45) is 2.23. The Hall–Kier alpha value is -0.380. The fraction of sp³-hybridized carbons (Fsp3) is 0.500. The van der Waals surface area contributed by atoms with Gasteiger partial charge in [-0.15, -0.1) is 0 Å². The third kappa shape index (κ3) is 5.92. The Kier molecular flexibility index (Phi) is 5.91. The van der Waals surface area contributed by atoms with E-state index in [1.165, 1.54) is 5.56 Å². The minimum atomic E-state index is 0.317. The molecule has 0 bridgehead atoms. The maximum Gasteiger partial charge on any atom is 0.0205 e. The average molecular weight is 271 g/mol. The third-order valence-corrected chi connectivity index (χ3v) is 2.72. The van der Waals surface area contributed by atoms with Crippen molar-refractivity contribution in [2.45, 2.75) is 32.4 Å². The summed E-state index contributed by atoms with van der Waals surface area (Å²) >= 11 is 3.46. The lowest BCUT2D eigenvalue weighted by Gasteiger charge is -2.07. The van der Waals surface area contributed by atoms with E-state index >= 15 is 0 Å². The van der Waals surface area contributed by atoms with Crippen LogP contribution in [0.2, 0.25) is 0 Å². The van der Waals surface area contributed by atoms with E-state index in [9.17, 15) is 0 Å². The minimum absolute atomic E-state index is 0.317. The van der Waals surface area contributed by atoms with Gasteiger partial charge in [0, 0.05) is 17.1 Å². The summed E-state index contributed by atoms with van der Waals surface area (Å²) in [5, 5.41) is 3.41. The van der Waals surface area contributed by atoms with Crippen molar-refractivity contribution in [3.05, 3.63) is 34.3 Å². The Morgan fingerprint density at radius 2 is 2.27 bits per heavy atom. The molecule has 1 atom stereocenters. The van der Waals surface area contributed by atoms with Gasteiger partial charge in [-0.3, -0.25) is 0 Å². The van der Waals surface area contributed by atoms with Crippen LogP contribution in [0.15, 0.2) is 28.7 Å². The summed E-state index contributed by atoms with van der Waals surface area (Å²) in [7, 11) is 0. The molecule has 1 aromatic rings. The maximum atomic E-state index is 5.67. The van der Waals surface area contributed by atoms with Crippen LogP contribution in [0.25, 0.3) is 0 Å². The molecular formula is C12H19BrN2. The van der Waals surface area contributed by atoms with Crippen molar-refractivity contribution in [2.24, 2.45) is 5.73 Å². The molecule has 0 heterocycles. The van der Waals surface area contributed by atoms with Gasteiger partial charge in [0.25, 0.3) is 0 Å². The van der Waals surface area contributed by atoms with Crippen molar-refractivity contribution >= 4 is 15.9 Å². The van der Waals surface area contributed by atoms with Crippen LogP contribution < -0.4 is 11.1 Å². The zero-order valence-corrected chi connectivity index (χ0v) is 10.8. The van der Waals surface area contributed by atoms with E-state index in [-0.39, 0.29) is 0 Å². The van der Waals surface area contributed by atoms with Gasteiger partial charge in [-0.2, -0.15) is 0 Å². The van der Waals surface area contributed by atoms with Gasteiger partial charge in [-0.25, -0.2) is 0 Å². The molecule has 0 aromatic heterocycles. The molecule has 1 aromatic carbocycles. The van der Waals surface area contributed by atoms with Crippen LogP contribution in [0, 0.1) is 0 Å². The summed E-state index contributed by atoms with van der Waals surface area (Å²) < 4.78 is 1.14. The Bertz CT molecular complexity index is 287. The smallest absolute Gasteiger partial charge is 0.0205 e. The van der Waals surface area contributed by atoms with Crippen LogP contribution in [-0.2, 0) is 6.54 Å². The fourth-order valence-corrected chi connectivity index (χ4v) is 1.88. The average Bonchev–Trinajstić information content (AvgIpc) is 2.17. The van der Waals surface area contributed by atoms with E-state index < -0.39 is 0 Å². The first-order chi connectivity index (χ1) is 7.18. The first-order valence-corrected chi connectivity index (χ1v) is 6.18. The van der Waals surface area contributed by atoms with E-state index in [0.29, 0.717) is 6.04 Å². The van der Waals surface area contributed by atoms with Crippen LogP contribution in [0.4, 0.5) is 0 Å². The third-order valence-electron chi connectivity index (χ3n) is 2.23. The highest BCUT2D eigenvalue weighted by Crippen LogP contribution is 2.11. The molecular weight excluding hydrogens is 252 g/mol. The predicted octanol–water partition coefficient (Wildman–Crippen LogP) is 2.67. The van der Waals surface area contributed by atoms with Gasteiger partial charge in [-0.05, 0) is 44.0 Å². The van der Waals surface area contributed by atoms with Crippen LogP contribution in [0.5, 0.6) is 0 Å². The summed E-state index contributed by atoms with van der Waals surface area (Å²) in [6.45, 7) is 4.01. The number of benzene rings is 1. The number of rotatable bonds is 6. The molecule has 0 radical (unpaired) electrons. The molecule has 0 fully saturated rings. The molecule has 84 valence electrons. The Morgan fingerprint density at radius 1 is 1.47 bits per heavy atom. The molecule has 3 heteroatoms. The van der Waals surface area contributed by atoms with Crippen molar-refractivity contribution in [2.75, 3.05) is 6.54 Å². The van der Waals surface area contributed by atoms with E-state index in [1.807, 2.05) is 13.0 Å². The predicted molar refractivity (Wildman–Crippen MR) is 68.7 cm³/mol. The first-order valence-electron chi connectivity index (χ1n) is 5.39. The van der Waals surface area contributed by atoms with Crippen molar-refractivity contribution in [3.8, 4) is 0 Å². The molecule has 2 nitrogen and oxygen atoms in total. The molecule has 15 heavy (non-hydrogen) atoms. The number of halogens is 1. The molecule has 0 spiro atoms. The van der Waals surface area contributed by atoms with Crippen molar-refractivity contribution in [1.82, 2.24) is 5.32 Å². The summed E-state index contributed by atoms with van der Waals surface area (Å²) in [5.74, 6) is 0. The zero-order valence-electron chi connectivity index (χ0n) is 9.17. The van der Waals surface area contributed by atoms with Gasteiger partial charge in [0.05, 0.1) is 0 Å². The number of hydrogen-bond donors (Lipinski definition) is 2. The Morgan fingerprint density at radius 3 is 2.93 bits per heavy atom. The van der Waals surface area contributed by atoms with Gasteiger partial charge < -0.3 is 11.1 Å². The Labute approximate surface area is 100 Å². The molecule has 0 amide bonds. The van der Waals surface area contributed by atoms with Crippen molar-refractivity contribution in [3.63, 3.8) is 0 Å². The largest absolute Gasteiger partial charge is 0.328 e. The lowest BCUT2D eigenvalue weighted by atomic mass is 10.2. The zero-order chi connectivity index (χ0) is 11.1. The Balaban J connectivity index is 2.15. The van der Waals surface area contributed by atoms with Crippen LogP contribution in [0.3, 0.4) is 0 Å². The molecule has 0 aliphatic carbocycles. The summed E-state index contributed by atoms with van der Waals surface area (Å²) in [4.78, 5) is 0. The molecule has 1 unspecified atom stereocenters. The van der Waals surface area contributed by atoms with E-state index in [2.05, 4.69) is 39.4 Å². The van der Waals surface area contributed by atoms with Crippen LogP contribution in [0.1, 0.15) is 25.3 Å². The van der Waals surface area contributed by atoms with Crippen LogP contribution in [-0.4, -0.2) is 12.6 Å². The van der Waals surface area contributed by atoms with Gasteiger partial charge >= 0.3 is 0 Å². The lowest BCUT2D eigenvalue weighted by Crippen LogP contribution is -2.19. The topological polar surface area (TPSA) is 38.0 Å². The van der Waals surface area contributed by atoms with Gasteiger partial charge in [0.15, 0.2) is 0 Å². The quantitative estimate of drug-likeness (QED) is 0.781. The van der Waals surface area contributed by atoms with E-state index in [4.69, 9.17) is 5.73 Å². The number of nitrogens with one attached hydrogen (secondary N) is 1. The lowest BCUT2D eigenvalue weighted by molar-refractivity contribution is 0.574. The van der Waals surface area contributed by atoms with E-state index in [1.54, 1.807) is 0 Å². The van der Waals surface area contributed by atoms with Crippen LogP contribution >= 0.6 is 15.9 Å². The highest BCUT2D eigenvalue weighted by molar-refractivity contribution is 9.10. The maximum absolute atomic E-state index is 5.67. The second-order valence-corrected chi connectivity index (χ2v) is 4.84.